The minimum atomic E-state index is -3.35. The van der Waals surface area contributed by atoms with Gasteiger partial charge in [-0.3, -0.25) is 4.79 Å². The molecule has 1 aromatic heterocycles. The first-order valence-corrected chi connectivity index (χ1v) is 11.9. The number of piperidine rings is 1. The van der Waals surface area contributed by atoms with E-state index in [0.29, 0.717) is 36.0 Å². The number of para-hydroxylation sites is 1. The molecule has 0 N–H and O–H groups in total. The van der Waals surface area contributed by atoms with E-state index >= 15 is 0 Å². The Bertz CT molecular complexity index is 1160. The summed E-state index contributed by atoms with van der Waals surface area (Å²) in [6, 6.07) is 15.2. The van der Waals surface area contributed by atoms with Gasteiger partial charge >= 0.3 is 0 Å². The van der Waals surface area contributed by atoms with Crippen LogP contribution >= 0.6 is 0 Å². The minimum absolute atomic E-state index is 0.0715. The Labute approximate surface area is 180 Å². The third-order valence-corrected chi connectivity index (χ3v) is 6.29. The number of amides is 1. The van der Waals surface area contributed by atoms with Crippen molar-refractivity contribution in [2.75, 3.05) is 19.4 Å². The second-order valence-electron chi connectivity index (χ2n) is 7.46. The number of benzene rings is 2. The molecule has 2 aromatic carbocycles. The summed E-state index contributed by atoms with van der Waals surface area (Å²) in [5.74, 6) is 1.12. The fourth-order valence-corrected chi connectivity index (χ4v) is 4.25. The zero-order valence-corrected chi connectivity index (χ0v) is 17.9. The fourth-order valence-electron chi connectivity index (χ4n) is 3.59. The van der Waals surface area contributed by atoms with Gasteiger partial charge in [-0.1, -0.05) is 35.5 Å². The summed E-state index contributed by atoms with van der Waals surface area (Å²) in [7, 11) is -3.35. The van der Waals surface area contributed by atoms with Gasteiger partial charge in [-0.05, 0) is 43.5 Å². The Balaban J connectivity index is 1.51. The average Bonchev–Trinajstić information content (AvgIpc) is 3.28. The highest BCUT2D eigenvalue weighted by Gasteiger charge is 2.32. The van der Waals surface area contributed by atoms with Crippen LogP contribution in [0.2, 0.25) is 0 Å². The molecule has 8 nitrogen and oxygen atoms in total. The molecule has 1 fully saturated rings. The molecule has 0 saturated carbocycles. The van der Waals surface area contributed by atoms with Gasteiger partial charge in [0.25, 0.3) is 5.91 Å². The van der Waals surface area contributed by atoms with Crippen LogP contribution < -0.4 is 4.74 Å². The summed E-state index contributed by atoms with van der Waals surface area (Å²) in [6.07, 6.45) is 3.69. The molecule has 0 spiro atoms. The summed E-state index contributed by atoms with van der Waals surface area (Å²) in [4.78, 5) is 19.2. The Kier molecular flexibility index (Phi) is 6.03. The molecule has 1 amide bonds. The van der Waals surface area contributed by atoms with Crippen LogP contribution in [0.1, 0.15) is 31.2 Å². The molecule has 0 unspecified atom stereocenters. The first-order valence-electron chi connectivity index (χ1n) is 10.0. The van der Waals surface area contributed by atoms with Crippen LogP contribution in [0.3, 0.4) is 0 Å². The molecule has 31 heavy (non-hydrogen) atoms. The lowest BCUT2D eigenvalue weighted by atomic mass is 10.0. The molecule has 2 heterocycles. The molecule has 3 aromatic rings. The predicted molar refractivity (Wildman–Crippen MR) is 113 cm³/mol. The van der Waals surface area contributed by atoms with Gasteiger partial charge in [0, 0.05) is 18.4 Å². The molecule has 9 heteroatoms. The lowest BCUT2D eigenvalue weighted by molar-refractivity contribution is -0.138. The van der Waals surface area contributed by atoms with E-state index in [4.69, 9.17) is 9.26 Å². The van der Waals surface area contributed by atoms with Crippen LogP contribution in [0.5, 0.6) is 5.75 Å². The molecule has 4 rings (SSSR count). The second kappa shape index (κ2) is 8.89. The van der Waals surface area contributed by atoms with Crippen molar-refractivity contribution in [1.82, 2.24) is 15.0 Å². The van der Waals surface area contributed by atoms with Crippen molar-refractivity contribution in [1.29, 1.82) is 0 Å². The van der Waals surface area contributed by atoms with E-state index in [2.05, 4.69) is 10.1 Å². The Morgan fingerprint density at radius 2 is 1.97 bits per heavy atom. The van der Waals surface area contributed by atoms with Crippen molar-refractivity contribution in [3.8, 4) is 17.1 Å². The van der Waals surface area contributed by atoms with Crippen LogP contribution in [0.25, 0.3) is 11.4 Å². The third-order valence-electron chi connectivity index (χ3n) is 5.18. The number of carbonyl (C=O) groups excluding carboxylic acids is 1. The molecular formula is C22H23N3O5S. The van der Waals surface area contributed by atoms with Crippen LogP contribution in [0, 0.1) is 0 Å². The molecule has 0 aliphatic carbocycles. The number of hydrogen-bond acceptors (Lipinski definition) is 7. The Hall–Kier alpha value is -3.20. The van der Waals surface area contributed by atoms with E-state index in [1.165, 1.54) is 12.1 Å². The number of hydrogen-bond donors (Lipinski definition) is 0. The highest BCUT2D eigenvalue weighted by molar-refractivity contribution is 7.90. The van der Waals surface area contributed by atoms with Gasteiger partial charge in [0.05, 0.1) is 4.90 Å². The second-order valence-corrected chi connectivity index (χ2v) is 9.47. The van der Waals surface area contributed by atoms with Crippen molar-refractivity contribution >= 4 is 15.7 Å². The Morgan fingerprint density at radius 1 is 1.16 bits per heavy atom. The molecule has 1 aliphatic heterocycles. The summed E-state index contributed by atoms with van der Waals surface area (Å²) in [6.45, 7) is 0.515. The quantitative estimate of drug-likeness (QED) is 0.578. The number of carbonyl (C=O) groups is 1. The largest absolute Gasteiger partial charge is 0.484 e. The van der Waals surface area contributed by atoms with Gasteiger partial charge in [0.1, 0.15) is 11.8 Å². The maximum Gasteiger partial charge on any atom is 0.261 e. The van der Waals surface area contributed by atoms with Gasteiger partial charge in [-0.25, -0.2) is 8.42 Å². The number of aromatic nitrogens is 2. The van der Waals surface area contributed by atoms with Gasteiger partial charge in [-0.15, -0.1) is 0 Å². The molecule has 1 aliphatic rings. The zero-order valence-electron chi connectivity index (χ0n) is 17.1. The highest BCUT2D eigenvalue weighted by Crippen LogP contribution is 2.31. The van der Waals surface area contributed by atoms with Crippen molar-refractivity contribution in [3.63, 3.8) is 0 Å². The molecule has 1 saturated heterocycles. The van der Waals surface area contributed by atoms with Crippen LogP contribution in [-0.4, -0.2) is 48.8 Å². The van der Waals surface area contributed by atoms with E-state index in [-0.39, 0.29) is 23.5 Å². The first kappa shape index (κ1) is 21.0. The first-order chi connectivity index (χ1) is 14.9. The third kappa shape index (κ3) is 4.93. The molecule has 0 bridgehead atoms. The monoisotopic (exact) mass is 441 g/mol. The number of sulfone groups is 1. The van der Waals surface area contributed by atoms with Crippen LogP contribution in [-0.2, 0) is 14.6 Å². The fraction of sp³-hybridized carbons (Fsp3) is 0.318. The summed E-state index contributed by atoms with van der Waals surface area (Å²) in [5, 5.41) is 4.02. The van der Waals surface area contributed by atoms with Crippen LogP contribution in [0.15, 0.2) is 64.0 Å². The van der Waals surface area contributed by atoms with E-state index in [9.17, 15) is 13.2 Å². The van der Waals surface area contributed by atoms with Crippen molar-refractivity contribution in [2.45, 2.75) is 30.2 Å². The van der Waals surface area contributed by atoms with Gasteiger partial charge < -0.3 is 14.2 Å². The molecule has 1 atom stereocenters. The SMILES string of the molecule is CS(=O)(=O)c1cccc(-c2noc([C@H]3CCCCN3C(=O)COc3ccccc3)n2)c1. The Morgan fingerprint density at radius 3 is 2.74 bits per heavy atom. The predicted octanol–water partition coefficient (Wildman–Crippen LogP) is 3.27. The number of ether oxygens (including phenoxy) is 1. The molecule has 162 valence electrons. The lowest BCUT2D eigenvalue weighted by Gasteiger charge is -2.33. The van der Waals surface area contributed by atoms with E-state index in [1.54, 1.807) is 29.2 Å². The summed E-state index contributed by atoms with van der Waals surface area (Å²) >= 11 is 0. The van der Waals surface area contributed by atoms with Gasteiger partial charge in [0.15, 0.2) is 16.4 Å². The summed E-state index contributed by atoms with van der Waals surface area (Å²) in [5.41, 5.74) is 0.541. The van der Waals surface area contributed by atoms with Crippen LogP contribution in [0.4, 0.5) is 0 Å². The molecule has 0 radical (unpaired) electrons. The van der Waals surface area contributed by atoms with Crippen molar-refractivity contribution < 1.29 is 22.5 Å². The smallest absolute Gasteiger partial charge is 0.261 e. The van der Waals surface area contributed by atoms with Gasteiger partial charge in [0.2, 0.25) is 11.7 Å². The average molecular weight is 442 g/mol. The van der Waals surface area contributed by atoms with E-state index in [0.717, 1.165) is 19.1 Å². The normalized spacial score (nSPS) is 16.8. The highest BCUT2D eigenvalue weighted by atomic mass is 32.2. The van der Waals surface area contributed by atoms with E-state index in [1.807, 2.05) is 18.2 Å². The lowest BCUT2D eigenvalue weighted by Crippen LogP contribution is -2.41. The topological polar surface area (TPSA) is 103 Å². The maximum atomic E-state index is 12.8. The van der Waals surface area contributed by atoms with Crippen molar-refractivity contribution in [2.24, 2.45) is 0 Å². The van der Waals surface area contributed by atoms with Gasteiger partial charge in [-0.2, -0.15) is 4.98 Å². The maximum absolute atomic E-state index is 12.8. The summed E-state index contributed by atoms with van der Waals surface area (Å²) < 4.78 is 34.8. The minimum Gasteiger partial charge on any atom is -0.484 e. The zero-order chi connectivity index (χ0) is 21.8. The van der Waals surface area contributed by atoms with Crippen molar-refractivity contribution in [3.05, 3.63) is 60.5 Å². The number of nitrogens with zero attached hydrogens (tertiary/aromatic N) is 3. The number of likely N-dealkylation sites (tertiary alicyclic amines) is 1. The molecular weight excluding hydrogens is 418 g/mol. The number of rotatable bonds is 6. The van der Waals surface area contributed by atoms with E-state index < -0.39 is 9.84 Å². The standard InChI is InChI=1S/C22H23N3O5S/c1-31(27,28)18-11-7-8-16(14-18)21-23-22(30-24-21)19-12-5-6-13-25(19)20(26)15-29-17-9-3-2-4-10-17/h2-4,7-11,14,19H,5-6,12-13,15H2,1H3/t19-/m1/s1.